The Labute approximate surface area is 93.9 Å². The van der Waals surface area contributed by atoms with Gasteiger partial charge in [0.25, 0.3) is 0 Å². The molecule has 0 saturated heterocycles. The molecule has 0 fully saturated rings. The molecule has 0 heterocycles. The SMILES string of the molecule is CCOc1cc(OC)c(C(C)=O)cc1Cl. The summed E-state index contributed by atoms with van der Waals surface area (Å²) in [6, 6.07) is 3.19. The van der Waals surface area contributed by atoms with Crippen molar-refractivity contribution in [1.29, 1.82) is 0 Å². The molecule has 0 saturated carbocycles. The minimum atomic E-state index is -0.0863. The lowest BCUT2D eigenvalue weighted by Crippen LogP contribution is -2.00. The molecule has 0 aliphatic carbocycles. The number of carbonyl (C=O) groups is 1. The number of ketones is 1. The summed E-state index contributed by atoms with van der Waals surface area (Å²) in [7, 11) is 1.51. The van der Waals surface area contributed by atoms with Crippen LogP contribution >= 0.6 is 11.6 Å². The molecule has 1 aromatic rings. The third kappa shape index (κ3) is 2.63. The third-order valence-corrected chi connectivity index (χ3v) is 2.23. The first-order valence-electron chi connectivity index (χ1n) is 4.61. The van der Waals surface area contributed by atoms with Crippen molar-refractivity contribution in [3.05, 3.63) is 22.7 Å². The predicted octanol–water partition coefficient (Wildman–Crippen LogP) is 2.95. The maximum Gasteiger partial charge on any atom is 0.163 e. The van der Waals surface area contributed by atoms with Crippen LogP contribution in [-0.2, 0) is 0 Å². The van der Waals surface area contributed by atoms with Crippen molar-refractivity contribution >= 4 is 17.4 Å². The van der Waals surface area contributed by atoms with Crippen molar-refractivity contribution in [1.82, 2.24) is 0 Å². The van der Waals surface area contributed by atoms with E-state index < -0.39 is 0 Å². The Morgan fingerprint density at radius 2 is 2.07 bits per heavy atom. The lowest BCUT2D eigenvalue weighted by Gasteiger charge is -2.10. The molecule has 0 aromatic heterocycles. The van der Waals surface area contributed by atoms with Crippen LogP contribution in [0.1, 0.15) is 24.2 Å². The molecule has 82 valence electrons. The molecule has 0 radical (unpaired) electrons. The molecular formula is C11H13ClO3. The number of halogens is 1. The number of hydrogen-bond donors (Lipinski definition) is 0. The standard InChI is InChI=1S/C11H13ClO3/c1-4-15-11-6-10(14-3)8(7(2)13)5-9(11)12/h5-6H,4H2,1-3H3. The molecule has 0 amide bonds. The van der Waals surface area contributed by atoms with Gasteiger partial charge in [-0.25, -0.2) is 0 Å². The van der Waals surface area contributed by atoms with E-state index in [2.05, 4.69) is 0 Å². The second-order valence-electron chi connectivity index (χ2n) is 2.97. The van der Waals surface area contributed by atoms with Crippen molar-refractivity contribution in [2.75, 3.05) is 13.7 Å². The van der Waals surface area contributed by atoms with Gasteiger partial charge in [-0.05, 0) is 19.9 Å². The van der Waals surface area contributed by atoms with E-state index >= 15 is 0 Å². The zero-order valence-electron chi connectivity index (χ0n) is 8.96. The maximum absolute atomic E-state index is 11.3. The highest BCUT2D eigenvalue weighted by Crippen LogP contribution is 2.32. The van der Waals surface area contributed by atoms with Crippen LogP contribution in [0.25, 0.3) is 0 Å². The van der Waals surface area contributed by atoms with E-state index in [1.807, 2.05) is 6.92 Å². The Morgan fingerprint density at radius 1 is 1.40 bits per heavy atom. The predicted molar refractivity (Wildman–Crippen MR) is 59.2 cm³/mol. The topological polar surface area (TPSA) is 35.5 Å². The summed E-state index contributed by atoms with van der Waals surface area (Å²) in [6.07, 6.45) is 0. The Hall–Kier alpha value is -1.22. The fourth-order valence-electron chi connectivity index (χ4n) is 1.24. The van der Waals surface area contributed by atoms with Crippen LogP contribution in [0.15, 0.2) is 12.1 Å². The summed E-state index contributed by atoms with van der Waals surface area (Å²) in [5.41, 5.74) is 0.464. The number of rotatable bonds is 4. The molecule has 1 aromatic carbocycles. The third-order valence-electron chi connectivity index (χ3n) is 1.93. The van der Waals surface area contributed by atoms with Gasteiger partial charge in [0.1, 0.15) is 11.5 Å². The largest absolute Gasteiger partial charge is 0.496 e. The molecule has 3 nitrogen and oxygen atoms in total. The Balaban J connectivity index is 3.22. The molecule has 0 aliphatic rings. The minimum absolute atomic E-state index is 0.0863. The van der Waals surface area contributed by atoms with E-state index in [4.69, 9.17) is 21.1 Å². The summed E-state index contributed by atoms with van der Waals surface area (Å²) >= 11 is 5.95. The van der Waals surface area contributed by atoms with Crippen molar-refractivity contribution < 1.29 is 14.3 Å². The smallest absolute Gasteiger partial charge is 0.163 e. The van der Waals surface area contributed by atoms with Gasteiger partial charge in [0, 0.05) is 6.07 Å². The first-order valence-corrected chi connectivity index (χ1v) is 4.99. The van der Waals surface area contributed by atoms with Gasteiger partial charge in [-0.2, -0.15) is 0 Å². The summed E-state index contributed by atoms with van der Waals surface area (Å²) in [6.45, 7) is 3.85. The molecule has 0 unspecified atom stereocenters. The highest BCUT2D eigenvalue weighted by molar-refractivity contribution is 6.32. The van der Waals surface area contributed by atoms with Crippen LogP contribution in [-0.4, -0.2) is 19.5 Å². The quantitative estimate of drug-likeness (QED) is 0.744. The fraction of sp³-hybridized carbons (Fsp3) is 0.364. The molecular weight excluding hydrogens is 216 g/mol. The Morgan fingerprint density at radius 3 is 2.53 bits per heavy atom. The molecule has 15 heavy (non-hydrogen) atoms. The van der Waals surface area contributed by atoms with Crippen molar-refractivity contribution in [2.45, 2.75) is 13.8 Å². The van der Waals surface area contributed by atoms with E-state index in [0.29, 0.717) is 28.7 Å². The highest BCUT2D eigenvalue weighted by Gasteiger charge is 2.13. The summed E-state index contributed by atoms with van der Waals surface area (Å²) in [5.74, 6) is 0.924. The van der Waals surface area contributed by atoms with Crippen LogP contribution in [0.2, 0.25) is 5.02 Å². The van der Waals surface area contributed by atoms with E-state index in [1.165, 1.54) is 14.0 Å². The number of carbonyl (C=O) groups excluding carboxylic acids is 1. The Kier molecular flexibility index (Phi) is 3.97. The van der Waals surface area contributed by atoms with Gasteiger partial charge in [-0.15, -0.1) is 0 Å². The number of benzene rings is 1. The molecule has 1 rings (SSSR count). The summed E-state index contributed by atoms with van der Waals surface area (Å²) in [5, 5.41) is 0.419. The van der Waals surface area contributed by atoms with Crippen LogP contribution in [0, 0.1) is 0 Å². The molecule has 0 bridgehead atoms. The molecule has 0 aliphatic heterocycles. The fourth-order valence-corrected chi connectivity index (χ4v) is 1.46. The second-order valence-corrected chi connectivity index (χ2v) is 3.38. The lowest BCUT2D eigenvalue weighted by atomic mass is 10.1. The highest BCUT2D eigenvalue weighted by atomic mass is 35.5. The van der Waals surface area contributed by atoms with Gasteiger partial charge in [0.15, 0.2) is 5.78 Å². The average molecular weight is 229 g/mol. The van der Waals surface area contributed by atoms with Gasteiger partial charge in [-0.1, -0.05) is 11.6 Å². The zero-order chi connectivity index (χ0) is 11.4. The van der Waals surface area contributed by atoms with Crippen LogP contribution in [0.5, 0.6) is 11.5 Å². The molecule has 4 heteroatoms. The second kappa shape index (κ2) is 5.03. The normalized spacial score (nSPS) is 9.87. The number of methoxy groups -OCH3 is 1. The first-order chi connectivity index (χ1) is 7.10. The first kappa shape index (κ1) is 11.9. The van der Waals surface area contributed by atoms with Crippen LogP contribution in [0.4, 0.5) is 0 Å². The molecule has 0 atom stereocenters. The van der Waals surface area contributed by atoms with Gasteiger partial charge in [0.2, 0.25) is 0 Å². The van der Waals surface area contributed by atoms with Gasteiger partial charge in [0.05, 0.1) is 24.3 Å². The minimum Gasteiger partial charge on any atom is -0.496 e. The number of hydrogen-bond acceptors (Lipinski definition) is 3. The van der Waals surface area contributed by atoms with Crippen molar-refractivity contribution in [3.8, 4) is 11.5 Å². The van der Waals surface area contributed by atoms with Crippen LogP contribution in [0.3, 0.4) is 0 Å². The lowest BCUT2D eigenvalue weighted by molar-refractivity contribution is 0.101. The van der Waals surface area contributed by atoms with Gasteiger partial charge >= 0.3 is 0 Å². The monoisotopic (exact) mass is 228 g/mol. The molecule has 0 spiro atoms. The van der Waals surface area contributed by atoms with Gasteiger partial charge in [-0.3, -0.25) is 4.79 Å². The Bertz CT molecular complexity index is 374. The summed E-state index contributed by atoms with van der Waals surface area (Å²) in [4.78, 5) is 11.3. The maximum atomic E-state index is 11.3. The van der Waals surface area contributed by atoms with E-state index in [0.717, 1.165) is 0 Å². The van der Waals surface area contributed by atoms with Crippen molar-refractivity contribution in [2.24, 2.45) is 0 Å². The molecule has 0 N–H and O–H groups in total. The van der Waals surface area contributed by atoms with E-state index in [9.17, 15) is 4.79 Å². The van der Waals surface area contributed by atoms with E-state index in [1.54, 1.807) is 12.1 Å². The number of Topliss-reactive ketones (excluding diaryl/α,β-unsaturated/α-hetero) is 1. The summed E-state index contributed by atoms with van der Waals surface area (Å²) < 4.78 is 10.4. The number of ether oxygens (including phenoxy) is 2. The zero-order valence-corrected chi connectivity index (χ0v) is 9.72. The van der Waals surface area contributed by atoms with Crippen molar-refractivity contribution in [3.63, 3.8) is 0 Å². The van der Waals surface area contributed by atoms with Crippen LogP contribution < -0.4 is 9.47 Å². The van der Waals surface area contributed by atoms with Gasteiger partial charge < -0.3 is 9.47 Å². The van der Waals surface area contributed by atoms with E-state index in [-0.39, 0.29) is 5.78 Å². The average Bonchev–Trinajstić information content (AvgIpc) is 2.20.